The molecule has 98 valence electrons. The van der Waals surface area contributed by atoms with E-state index in [1.165, 1.54) is 19.5 Å². The van der Waals surface area contributed by atoms with Crippen LogP contribution in [-0.4, -0.2) is 58.7 Å². The number of carbonyl (C=O) groups is 2. The van der Waals surface area contributed by atoms with E-state index in [1.54, 1.807) is 0 Å². The molecule has 0 aliphatic carbocycles. The van der Waals surface area contributed by atoms with Gasteiger partial charge < -0.3 is 20.5 Å². The summed E-state index contributed by atoms with van der Waals surface area (Å²) in [6, 6.07) is 0. The summed E-state index contributed by atoms with van der Waals surface area (Å²) in [5.74, 6) is -1.74. The van der Waals surface area contributed by atoms with E-state index in [-0.39, 0.29) is 24.7 Å². The lowest BCUT2D eigenvalue weighted by molar-refractivity contribution is -0.137. The molecule has 1 rings (SSSR count). The zero-order chi connectivity index (χ0) is 13.5. The van der Waals surface area contributed by atoms with Crippen LogP contribution < -0.4 is 5.73 Å². The number of amides is 1. The molecule has 1 aromatic heterocycles. The summed E-state index contributed by atoms with van der Waals surface area (Å²) >= 11 is 0. The van der Waals surface area contributed by atoms with Crippen molar-refractivity contribution in [3.63, 3.8) is 0 Å². The molecule has 0 aliphatic rings. The molecule has 8 heteroatoms. The fraction of sp³-hybridized carbons (Fsp3) is 0.400. The maximum absolute atomic E-state index is 12.0. The number of aromatic nitrogens is 2. The number of anilines is 1. The molecule has 1 amide bonds. The number of hydrogen-bond acceptors (Lipinski definition) is 6. The van der Waals surface area contributed by atoms with E-state index >= 15 is 0 Å². The Bertz CT molecular complexity index is 438. The topological polar surface area (TPSA) is 119 Å². The van der Waals surface area contributed by atoms with Gasteiger partial charge in [0.2, 0.25) is 0 Å². The lowest BCUT2D eigenvalue weighted by Gasteiger charge is -2.19. The van der Waals surface area contributed by atoms with Gasteiger partial charge >= 0.3 is 5.97 Å². The third kappa shape index (κ3) is 3.67. The Morgan fingerprint density at radius 3 is 2.67 bits per heavy atom. The molecule has 1 aromatic rings. The molecule has 1 heterocycles. The number of nitrogen functional groups attached to an aromatic ring is 1. The molecule has 0 aromatic carbocycles. The van der Waals surface area contributed by atoms with Gasteiger partial charge in [-0.25, -0.2) is 9.97 Å². The van der Waals surface area contributed by atoms with Crippen LogP contribution in [-0.2, 0) is 9.53 Å². The first kappa shape index (κ1) is 13.8. The summed E-state index contributed by atoms with van der Waals surface area (Å²) in [7, 11) is 1.46. The number of methoxy groups -OCH3 is 1. The minimum Gasteiger partial charge on any atom is -0.480 e. The Balaban J connectivity index is 2.87. The Hall–Kier alpha value is -2.22. The molecular weight excluding hydrogens is 240 g/mol. The van der Waals surface area contributed by atoms with Crippen molar-refractivity contribution in [1.29, 1.82) is 0 Å². The molecule has 0 aliphatic heterocycles. The summed E-state index contributed by atoms with van der Waals surface area (Å²) in [6.45, 7) is -0.0883. The van der Waals surface area contributed by atoms with Crippen molar-refractivity contribution in [2.75, 3.05) is 32.5 Å². The summed E-state index contributed by atoms with van der Waals surface area (Å²) < 4.78 is 4.82. The van der Waals surface area contributed by atoms with Gasteiger partial charge in [0, 0.05) is 26.0 Å². The van der Waals surface area contributed by atoms with Crippen molar-refractivity contribution in [3.8, 4) is 0 Å². The first-order valence-corrected chi connectivity index (χ1v) is 5.12. The van der Waals surface area contributed by atoms with Crippen molar-refractivity contribution < 1.29 is 19.4 Å². The maximum Gasteiger partial charge on any atom is 0.323 e. The minimum absolute atomic E-state index is 0.0321. The van der Waals surface area contributed by atoms with Gasteiger partial charge in [0.15, 0.2) is 11.5 Å². The molecule has 0 radical (unpaired) electrons. The number of carboxylic acid groups (broad SMARTS) is 1. The molecule has 0 unspecified atom stereocenters. The summed E-state index contributed by atoms with van der Waals surface area (Å²) in [4.78, 5) is 31.3. The van der Waals surface area contributed by atoms with Crippen LogP contribution in [0.1, 0.15) is 10.5 Å². The zero-order valence-electron chi connectivity index (χ0n) is 9.87. The molecule has 0 saturated heterocycles. The number of carbonyl (C=O) groups excluding carboxylic acids is 1. The predicted octanol–water partition coefficient (Wildman–Crippen LogP) is -0.768. The van der Waals surface area contributed by atoms with Crippen molar-refractivity contribution in [3.05, 3.63) is 18.1 Å². The van der Waals surface area contributed by atoms with E-state index in [2.05, 4.69) is 9.97 Å². The van der Waals surface area contributed by atoms with Crippen LogP contribution in [0, 0.1) is 0 Å². The van der Waals surface area contributed by atoms with Gasteiger partial charge in [-0.1, -0.05) is 0 Å². The maximum atomic E-state index is 12.0. The fourth-order valence-corrected chi connectivity index (χ4v) is 1.28. The second-order valence-corrected chi connectivity index (χ2v) is 3.40. The van der Waals surface area contributed by atoms with Gasteiger partial charge in [-0.3, -0.25) is 9.59 Å². The molecule has 0 atom stereocenters. The Morgan fingerprint density at radius 2 is 2.11 bits per heavy atom. The smallest absolute Gasteiger partial charge is 0.323 e. The summed E-state index contributed by atoms with van der Waals surface area (Å²) in [6.07, 6.45) is 2.67. The minimum atomic E-state index is -1.12. The standard InChI is InChI=1S/C10H14N4O4/c1-18-5-4-14(6-7(15)16)10(17)8-9(11)13-3-2-12-8/h2-3H,4-6H2,1H3,(H2,11,13)(H,15,16). The van der Waals surface area contributed by atoms with Crippen LogP contribution >= 0.6 is 0 Å². The molecule has 0 saturated carbocycles. The van der Waals surface area contributed by atoms with Gasteiger partial charge in [0.05, 0.1) is 6.61 Å². The van der Waals surface area contributed by atoms with E-state index < -0.39 is 18.4 Å². The Labute approximate surface area is 103 Å². The van der Waals surface area contributed by atoms with E-state index in [4.69, 9.17) is 15.6 Å². The molecule has 3 N–H and O–H groups in total. The van der Waals surface area contributed by atoms with E-state index in [0.717, 1.165) is 4.90 Å². The molecule has 8 nitrogen and oxygen atoms in total. The number of nitrogens with two attached hydrogens (primary N) is 1. The number of ether oxygens (including phenoxy) is 1. The zero-order valence-corrected chi connectivity index (χ0v) is 9.87. The summed E-state index contributed by atoms with van der Waals surface area (Å²) in [5.41, 5.74) is 5.46. The fourth-order valence-electron chi connectivity index (χ4n) is 1.28. The van der Waals surface area contributed by atoms with Crippen LogP contribution in [0.3, 0.4) is 0 Å². The van der Waals surface area contributed by atoms with Crippen LogP contribution in [0.4, 0.5) is 5.82 Å². The SMILES string of the molecule is COCCN(CC(=O)O)C(=O)c1nccnc1N. The second kappa shape index (κ2) is 6.50. The number of aliphatic carboxylic acids is 1. The lowest BCUT2D eigenvalue weighted by Crippen LogP contribution is -2.38. The van der Waals surface area contributed by atoms with Gasteiger partial charge in [-0.15, -0.1) is 0 Å². The highest BCUT2D eigenvalue weighted by molar-refractivity contribution is 5.97. The highest BCUT2D eigenvalue weighted by Crippen LogP contribution is 2.07. The average Bonchev–Trinajstić information content (AvgIpc) is 2.34. The highest BCUT2D eigenvalue weighted by Gasteiger charge is 2.21. The van der Waals surface area contributed by atoms with Crippen molar-refractivity contribution in [2.45, 2.75) is 0 Å². The van der Waals surface area contributed by atoms with E-state index in [0.29, 0.717) is 0 Å². The van der Waals surface area contributed by atoms with Crippen molar-refractivity contribution in [1.82, 2.24) is 14.9 Å². The molecule has 0 fully saturated rings. The summed E-state index contributed by atoms with van der Waals surface area (Å²) in [5, 5.41) is 8.75. The van der Waals surface area contributed by atoms with Crippen molar-refractivity contribution in [2.24, 2.45) is 0 Å². The lowest BCUT2D eigenvalue weighted by atomic mass is 10.3. The number of nitrogens with zero attached hydrogens (tertiary/aromatic N) is 3. The van der Waals surface area contributed by atoms with Gasteiger partial charge in [0.1, 0.15) is 6.54 Å². The Kier molecular flexibility index (Phi) is 5.00. The largest absolute Gasteiger partial charge is 0.480 e. The monoisotopic (exact) mass is 254 g/mol. The first-order chi connectivity index (χ1) is 8.56. The third-order valence-electron chi connectivity index (χ3n) is 2.11. The quantitative estimate of drug-likeness (QED) is 0.684. The van der Waals surface area contributed by atoms with Crippen molar-refractivity contribution >= 4 is 17.7 Å². The van der Waals surface area contributed by atoms with Crippen LogP contribution in [0.25, 0.3) is 0 Å². The number of rotatable bonds is 6. The van der Waals surface area contributed by atoms with Crippen LogP contribution in [0.2, 0.25) is 0 Å². The van der Waals surface area contributed by atoms with E-state index in [1.807, 2.05) is 0 Å². The number of carboxylic acids is 1. The Morgan fingerprint density at radius 1 is 1.44 bits per heavy atom. The van der Waals surface area contributed by atoms with Crippen LogP contribution in [0.15, 0.2) is 12.4 Å². The molecule has 0 bridgehead atoms. The number of hydrogen-bond donors (Lipinski definition) is 2. The highest BCUT2D eigenvalue weighted by atomic mass is 16.5. The molecular formula is C10H14N4O4. The van der Waals surface area contributed by atoms with Gasteiger partial charge in [-0.05, 0) is 0 Å². The average molecular weight is 254 g/mol. The second-order valence-electron chi connectivity index (χ2n) is 3.40. The first-order valence-electron chi connectivity index (χ1n) is 5.12. The van der Waals surface area contributed by atoms with Gasteiger partial charge in [0.25, 0.3) is 5.91 Å². The van der Waals surface area contributed by atoms with E-state index in [9.17, 15) is 9.59 Å². The molecule has 0 spiro atoms. The third-order valence-corrected chi connectivity index (χ3v) is 2.11. The van der Waals surface area contributed by atoms with Crippen LogP contribution in [0.5, 0.6) is 0 Å². The predicted molar refractivity (Wildman–Crippen MR) is 61.9 cm³/mol. The normalized spacial score (nSPS) is 10.1. The van der Waals surface area contributed by atoms with Gasteiger partial charge in [-0.2, -0.15) is 0 Å². The molecule has 18 heavy (non-hydrogen) atoms.